The Morgan fingerprint density at radius 3 is 2.49 bits per heavy atom. The molecule has 3 aromatic carbocycles. The van der Waals surface area contributed by atoms with Crippen LogP contribution >= 0.6 is 11.6 Å². The molecule has 2 fully saturated rings. The van der Waals surface area contributed by atoms with Gasteiger partial charge < -0.3 is 25.4 Å². The summed E-state index contributed by atoms with van der Waals surface area (Å²) in [5, 5.41) is 27.2. The third-order valence-electron chi connectivity index (χ3n) is 11.7. The molecular formula is C42H47ClN8O4. The molecule has 0 bridgehead atoms. The van der Waals surface area contributed by atoms with Gasteiger partial charge in [0, 0.05) is 75.1 Å². The van der Waals surface area contributed by atoms with Gasteiger partial charge in [-0.25, -0.2) is 15.0 Å². The summed E-state index contributed by atoms with van der Waals surface area (Å²) in [5.41, 5.74) is 8.03. The molecule has 1 atom stereocenters. The van der Waals surface area contributed by atoms with Crippen molar-refractivity contribution in [3.8, 4) is 11.1 Å². The maximum Gasteiger partial charge on any atom is 0.306 e. The number of carbonyl (C=O) groups excluding carboxylic acids is 1. The van der Waals surface area contributed by atoms with E-state index in [4.69, 9.17) is 16.6 Å². The van der Waals surface area contributed by atoms with E-state index >= 15 is 0 Å². The molecule has 13 heteroatoms. The zero-order chi connectivity index (χ0) is 38.2. The number of hydrogen-bond donors (Lipinski definition) is 4. The number of aliphatic carboxylic acids is 1. The zero-order valence-electron chi connectivity index (χ0n) is 31.3. The fourth-order valence-corrected chi connectivity index (χ4v) is 8.89. The van der Waals surface area contributed by atoms with Crippen molar-refractivity contribution >= 4 is 51.6 Å². The molecule has 1 saturated carbocycles. The second kappa shape index (κ2) is 15.7. The van der Waals surface area contributed by atoms with Gasteiger partial charge in [-0.2, -0.15) is 0 Å². The van der Waals surface area contributed by atoms with Crippen LogP contribution in [0.25, 0.3) is 22.0 Å². The molecule has 0 spiro atoms. The lowest BCUT2D eigenvalue weighted by molar-refractivity contribution is -0.143. The van der Waals surface area contributed by atoms with Crippen LogP contribution in [0.2, 0.25) is 5.02 Å². The predicted octanol–water partition coefficient (Wildman–Crippen LogP) is 6.80. The molecule has 286 valence electrons. The monoisotopic (exact) mass is 762 g/mol. The van der Waals surface area contributed by atoms with Crippen molar-refractivity contribution in [2.75, 3.05) is 36.8 Å². The summed E-state index contributed by atoms with van der Waals surface area (Å²) < 4.78 is 1.90. The summed E-state index contributed by atoms with van der Waals surface area (Å²) in [4.78, 5) is 43.7. The fraction of sp³-hybridized carbons (Fsp3) is 0.405. The highest BCUT2D eigenvalue weighted by Gasteiger charge is 2.30. The standard InChI is InChI=1S/C42H47ClN8O4/c1-25-30(5-3-7-33(25)46-39-32-14-11-27(19-35(32)44-24-45-39)21-50-17-15-29(52)22-50)31-6-4-8-34(38(31)43)48-41(53)40-47-36-23-51(18-16-37(36)49(40)2)20-26-9-12-28(13-10-26)42(54)55/h3-8,11,14,19,24,26,28-29,52H,9-10,12-13,15-18,20-23H2,1-2H3,(H,48,53)(H,54,55)(H,44,45,46)/t26?,28?,29-/m0/s1. The zero-order valence-corrected chi connectivity index (χ0v) is 32.0. The molecule has 2 aliphatic heterocycles. The van der Waals surface area contributed by atoms with Gasteiger partial charge in [0.25, 0.3) is 5.91 Å². The molecule has 12 nitrogen and oxygen atoms in total. The molecule has 4 N–H and O–H groups in total. The molecule has 8 rings (SSSR count). The highest BCUT2D eigenvalue weighted by atomic mass is 35.5. The summed E-state index contributed by atoms with van der Waals surface area (Å²) in [7, 11) is 1.89. The van der Waals surface area contributed by atoms with Gasteiger partial charge >= 0.3 is 5.97 Å². The first-order valence-corrected chi connectivity index (χ1v) is 19.6. The van der Waals surface area contributed by atoms with Crippen molar-refractivity contribution in [3.63, 3.8) is 0 Å². The van der Waals surface area contributed by atoms with Crippen LogP contribution in [0, 0.1) is 18.8 Å². The molecule has 4 heterocycles. The average Bonchev–Trinajstić information content (AvgIpc) is 3.74. The van der Waals surface area contributed by atoms with Gasteiger partial charge in [0.2, 0.25) is 0 Å². The number of amides is 1. The Balaban J connectivity index is 0.959. The number of imidazole rings is 1. The molecule has 5 aromatic rings. The van der Waals surface area contributed by atoms with Gasteiger partial charge in [-0.05, 0) is 85.9 Å². The number of β-amino-alcohol motifs (C(OH)–C–C–N with tert-alkyl or cyclic N) is 1. The molecule has 3 aliphatic rings. The lowest BCUT2D eigenvalue weighted by Crippen LogP contribution is -2.36. The van der Waals surface area contributed by atoms with E-state index in [1.807, 2.05) is 54.9 Å². The SMILES string of the molecule is Cc1c(Nc2ncnc3cc(CN4CC[C@H](O)C4)ccc23)cccc1-c1cccc(NC(=O)c2nc3c(n2C)CCN(CC2CCC(C(=O)O)CC2)C3)c1Cl. The summed E-state index contributed by atoms with van der Waals surface area (Å²) in [5.74, 6) is 0.320. The molecule has 0 unspecified atom stereocenters. The maximum absolute atomic E-state index is 13.7. The number of benzene rings is 3. The molecular weight excluding hydrogens is 716 g/mol. The Bertz CT molecular complexity index is 2250. The molecule has 1 amide bonds. The number of carbonyl (C=O) groups is 2. The highest BCUT2D eigenvalue weighted by molar-refractivity contribution is 6.36. The number of nitrogens with zero attached hydrogens (tertiary/aromatic N) is 6. The normalized spacial score (nSPS) is 20.4. The number of fused-ring (bicyclic) bond motifs is 2. The van der Waals surface area contributed by atoms with Crippen molar-refractivity contribution in [2.24, 2.45) is 18.9 Å². The Morgan fingerprint density at radius 2 is 1.73 bits per heavy atom. The van der Waals surface area contributed by atoms with Crippen molar-refractivity contribution < 1.29 is 19.8 Å². The first-order chi connectivity index (χ1) is 26.6. The fourth-order valence-electron chi connectivity index (χ4n) is 8.62. The van der Waals surface area contributed by atoms with Crippen molar-refractivity contribution in [3.05, 3.63) is 94.3 Å². The Hall–Kier alpha value is -4.88. The van der Waals surface area contributed by atoms with E-state index in [0.29, 0.717) is 41.4 Å². The van der Waals surface area contributed by atoms with E-state index in [-0.39, 0.29) is 17.9 Å². The van der Waals surface area contributed by atoms with Gasteiger partial charge in [-0.15, -0.1) is 0 Å². The predicted molar refractivity (Wildman–Crippen MR) is 214 cm³/mol. The summed E-state index contributed by atoms with van der Waals surface area (Å²) >= 11 is 7.06. The van der Waals surface area contributed by atoms with Gasteiger partial charge in [0.05, 0.1) is 33.9 Å². The van der Waals surface area contributed by atoms with Crippen LogP contribution in [0.15, 0.2) is 60.9 Å². The van der Waals surface area contributed by atoms with Crippen LogP contribution in [-0.4, -0.2) is 83.7 Å². The number of aromatic nitrogens is 4. The minimum atomic E-state index is -0.676. The Morgan fingerprint density at radius 1 is 0.945 bits per heavy atom. The van der Waals surface area contributed by atoms with Crippen LogP contribution in [-0.2, 0) is 31.4 Å². The lowest BCUT2D eigenvalue weighted by Gasteiger charge is -2.33. The number of nitrogens with one attached hydrogen (secondary N) is 2. The second-order valence-corrected chi connectivity index (χ2v) is 15.8. The van der Waals surface area contributed by atoms with E-state index in [1.165, 1.54) is 0 Å². The largest absolute Gasteiger partial charge is 0.481 e. The topological polar surface area (TPSA) is 149 Å². The quantitative estimate of drug-likeness (QED) is 0.120. The van der Waals surface area contributed by atoms with Crippen molar-refractivity contribution in [1.82, 2.24) is 29.3 Å². The third-order valence-corrected chi connectivity index (χ3v) is 12.1. The highest BCUT2D eigenvalue weighted by Crippen LogP contribution is 2.39. The van der Waals surface area contributed by atoms with Crippen molar-refractivity contribution in [2.45, 2.75) is 64.6 Å². The summed E-state index contributed by atoms with van der Waals surface area (Å²) in [6.45, 7) is 6.86. The molecule has 1 saturated heterocycles. The molecule has 55 heavy (non-hydrogen) atoms. The van der Waals surface area contributed by atoms with E-state index < -0.39 is 5.97 Å². The second-order valence-electron chi connectivity index (χ2n) is 15.4. The lowest BCUT2D eigenvalue weighted by atomic mass is 9.81. The number of aliphatic hydroxyl groups excluding tert-OH is 1. The smallest absolute Gasteiger partial charge is 0.306 e. The number of aliphatic hydroxyl groups is 1. The molecule has 1 aliphatic carbocycles. The average molecular weight is 763 g/mol. The summed E-state index contributed by atoms with van der Waals surface area (Å²) in [6, 6.07) is 17.9. The summed E-state index contributed by atoms with van der Waals surface area (Å²) in [6.07, 6.45) is 6.28. The van der Waals surface area contributed by atoms with E-state index in [2.05, 4.69) is 42.5 Å². The number of halogens is 1. The third kappa shape index (κ3) is 7.82. The van der Waals surface area contributed by atoms with Gasteiger partial charge in [0.15, 0.2) is 5.82 Å². The van der Waals surface area contributed by atoms with Crippen LogP contribution in [0.4, 0.5) is 17.2 Å². The van der Waals surface area contributed by atoms with Crippen LogP contribution in [0.5, 0.6) is 0 Å². The van der Waals surface area contributed by atoms with E-state index in [0.717, 1.165) is 115 Å². The first kappa shape index (κ1) is 37.1. The van der Waals surface area contributed by atoms with E-state index in [9.17, 15) is 19.8 Å². The molecule has 0 radical (unpaired) electrons. The van der Waals surface area contributed by atoms with Crippen molar-refractivity contribution in [1.29, 1.82) is 0 Å². The number of anilines is 3. The van der Waals surface area contributed by atoms with Crippen LogP contribution in [0.1, 0.15) is 65.2 Å². The number of rotatable bonds is 10. The van der Waals surface area contributed by atoms with Gasteiger partial charge in [-0.3, -0.25) is 19.4 Å². The van der Waals surface area contributed by atoms with Crippen LogP contribution < -0.4 is 10.6 Å². The van der Waals surface area contributed by atoms with Gasteiger partial charge in [-0.1, -0.05) is 41.9 Å². The number of hydrogen-bond acceptors (Lipinski definition) is 9. The Labute approximate surface area is 325 Å². The minimum absolute atomic E-state index is 0.213. The minimum Gasteiger partial charge on any atom is -0.481 e. The van der Waals surface area contributed by atoms with Gasteiger partial charge in [0.1, 0.15) is 12.1 Å². The number of carboxylic acid groups (broad SMARTS) is 1. The van der Waals surface area contributed by atoms with Crippen LogP contribution in [0.3, 0.4) is 0 Å². The number of likely N-dealkylation sites (tertiary alicyclic amines) is 1. The molecule has 2 aromatic heterocycles. The first-order valence-electron chi connectivity index (χ1n) is 19.2. The number of carboxylic acids is 1. The Kier molecular flexibility index (Phi) is 10.6. The van der Waals surface area contributed by atoms with E-state index in [1.54, 1.807) is 12.4 Å². The maximum atomic E-state index is 13.7.